The van der Waals surface area contributed by atoms with Gasteiger partial charge >= 0.3 is 10.3 Å². The summed E-state index contributed by atoms with van der Waals surface area (Å²) < 4.78 is 37.7. The quantitative estimate of drug-likeness (QED) is 0.284. The zero-order valence-electron chi connectivity index (χ0n) is 16.9. The van der Waals surface area contributed by atoms with E-state index in [4.69, 9.17) is 9.29 Å². The molecule has 9 nitrogen and oxygen atoms in total. The Kier molecular flexibility index (Phi) is 9.18. The van der Waals surface area contributed by atoms with Crippen LogP contribution in [0.1, 0.15) is 49.0 Å². The number of thiazole rings is 1. The number of nitrogens with one attached hydrogen (secondary N) is 2. The topological polar surface area (TPSA) is 138 Å². The fourth-order valence-corrected chi connectivity index (χ4v) is 4.12. The maximum Gasteiger partial charge on any atom is 0.357 e. The molecule has 0 unspecified atom stereocenters. The van der Waals surface area contributed by atoms with Gasteiger partial charge in [-0.2, -0.15) is 8.42 Å². The van der Waals surface area contributed by atoms with E-state index in [1.807, 2.05) is 17.0 Å². The van der Waals surface area contributed by atoms with Crippen molar-refractivity contribution in [3.05, 3.63) is 45.9 Å². The standard InChI is InChI=1S/C19H27N3O6S2/c1-3-14-12-29-19(20-14)16(21-17(23)9-10-18(24)28-4-2)11-13-5-7-15(8-6-13)22-30(25,26)27/h5-8,12,16,18,22,24H,3-4,9-11H2,1-2H3,(H,21,23)(H,25,26,27)/t16-,18-/m0/s1. The number of hydrogen-bond acceptors (Lipinski definition) is 7. The number of ether oxygens (including phenoxy) is 1. The van der Waals surface area contributed by atoms with Gasteiger partial charge in [0, 0.05) is 24.8 Å². The summed E-state index contributed by atoms with van der Waals surface area (Å²) in [4.78, 5) is 17.0. The molecular formula is C19H27N3O6S2. The lowest BCUT2D eigenvalue weighted by atomic mass is 10.1. The number of rotatable bonds is 12. The van der Waals surface area contributed by atoms with Crippen LogP contribution < -0.4 is 10.0 Å². The second-order valence-corrected chi connectivity index (χ2v) is 8.62. The van der Waals surface area contributed by atoms with Crippen molar-refractivity contribution in [1.82, 2.24) is 10.3 Å². The van der Waals surface area contributed by atoms with Crippen molar-refractivity contribution in [2.24, 2.45) is 0 Å². The molecule has 1 aromatic heterocycles. The number of aliphatic hydroxyl groups excluding tert-OH is 1. The zero-order chi connectivity index (χ0) is 22.1. The first-order chi connectivity index (χ1) is 14.2. The van der Waals surface area contributed by atoms with Gasteiger partial charge in [-0.05, 0) is 37.5 Å². The largest absolute Gasteiger partial charge is 0.368 e. The third-order valence-corrected chi connectivity index (χ3v) is 5.68. The van der Waals surface area contributed by atoms with Gasteiger partial charge in [0.15, 0.2) is 6.29 Å². The summed E-state index contributed by atoms with van der Waals surface area (Å²) in [5, 5.41) is 15.3. The molecule has 1 aromatic carbocycles. The van der Waals surface area contributed by atoms with Gasteiger partial charge < -0.3 is 15.2 Å². The fraction of sp³-hybridized carbons (Fsp3) is 0.474. The van der Waals surface area contributed by atoms with Crippen molar-refractivity contribution in [1.29, 1.82) is 0 Å². The molecule has 2 aromatic rings. The van der Waals surface area contributed by atoms with Crippen LogP contribution in [-0.4, -0.2) is 41.9 Å². The van der Waals surface area contributed by atoms with Crippen LogP contribution in [0.15, 0.2) is 29.6 Å². The molecule has 0 aliphatic rings. The summed E-state index contributed by atoms with van der Waals surface area (Å²) in [5.74, 6) is -0.225. The normalized spacial score (nSPS) is 13.6. The van der Waals surface area contributed by atoms with Crippen molar-refractivity contribution in [2.75, 3.05) is 11.3 Å². The second kappa shape index (κ2) is 11.4. The molecule has 0 aliphatic heterocycles. The van der Waals surface area contributed by atoms with Crippen molar-refractivity contribution >= 4 is 33.2 Å². The number of aryl methyl sites for hydroxylation is 1. The highest BCUT2D eigenvalue weighted by Crippen LogP contribution is 2.24. The van der Waals surface area contributed by atoms with E-state index in [0.717, 1.165) is 22.7 Å². The summed E-state index contributed by atoms with van der Waals surface area (Å²) in [6, 6.07) is 6.10. The third-order valence-electron chi connectivity index (χ3n) is 4.18. The Bertz CT molecular complexity index is 915. The van der Waals surface area contributed by atoms with E-state index in [1.54, 1.807) is 19.1 Å². The van der Waals surface area contributed by atoms with Crippen LogP contribution in [0, 0.1) is 0 Å². The summed E-state index contributed by atoms with van der Waals surface area (Å²) in [6.07, 6.45) is 0.561. The zero-order valence-corrected chi connectivity index (χ0v) is 18.5. The second-order valence-electron chi connectivity index (χ2n) is 6.58. The minimum atomic E-state index is -4.34. The van der Waals surface area contributed by atoms with Gasteiger partial charge in [0.05, 0.1) is 17.4 Å². The lowest BCUT2D eigenvalue weighted by Gasteiger charge is -2.18. The smallest absolute Gasteiger partial charge is 0.357 e. The molecule has 0 radical (unpaired) electrons. The molecule has 1 heterocycles. The molecule has 166 valence electrons. The molecule has 0 aliphatic carbocycles. The van der Waals surface area contributed by atoms with Crippen LogP contribution in [-0.2, 0) is 32.7 Å². The van der Waals surface area contributed by atoms with E-state index in [2.05, 4.69) is 10.3 Å². The number of anilines is 1. The summed E-state index contributed by atoms with van der Waals surface area (Å²) in [6.45, 7) is 4.14. The molecule has 11 heteroatoms. The van der Waals surface area contributed by atoms with Gasteiger partial charge in [0.25, 0.3) is 0 Å². The van der Waals surface area contributed by atoms with Crippen LogP contribution in [0.5, 0.6) is 0 Å². The molecule has 4 N–H and O–H groups in total. The van der Waals surface area contributed by atoms with Crippen molar-refractivity contribution in [2.45, 2.75) is 51.9 Å². The summed E-state index contributed by atoms with van der Waals surface area (Å²) >= 11 is 1.46. The first-order valence-corrected chi connectivity index (χ1v) is 11.9. The van der Waals surface area contributed by atoms with Gasteiger partial charge in [0.1, 0.15) is 5.01 Å². The Balaban J connectivity index is 2.09. The maximum absolute atomic E-state index is 12.4. The Labute approximate surface area is 180 Å². The SMILES string of the molecule is CCO[C@H](O)CCC(=O)N[C@@H](Cc1ccc(NS(=O)(=O)O)cc1)c1nc(CC)cs1. The minimum Gasteiger partial charge on any atom is -0.368 e. The molecule has 1 amide bonds. The van der Waals surface area contributed by atoms with E-state index >= 15 is 0 Å². The van der Waals surface area contributed by atoms with Gasteiger partial charge in [-0.15, -0.1) is 11.3 Å². The Hall–Kier alpha value is -2.05. The van der Waals surface area contributed by atoms with Crippen LogP contribution >= 0.6 is 11.3 Å². The van der Waals surface area contributed by atoms with E-state index < -0.39 is 16.6 Å². The fourth-order valence-electron chi connectivity index (χ4n) is 2.74. The molecule has 0 saturated heterocycles. The lowest BCUT2D eigenvalue weighted by molar-refractivity contribution is -0.128. The molecular weight excluding hydrogens is 430 g/mol. The van der Waals surface area contributed by atoms with E-state index in [-0.39, 0.29) is 30.5 Å². The number of carbonyl (C=O) groups excluding carboxylic acids is 1. The molecule has 0 bridgehead atoms. The molecule has 0 fully saturated rings. The van der Waals surface area contributed by atoms with Crippen LogP contribution in [0.3, 0.4) is 0 Å². The first kappa shape index (κ1) is 24.2. The number of nitrogens with zero attached hydrogens (tertiary/aromatic N) is 1. The first-order valence-electron chi connectivity index (χ1n) is 9.57. The predicted molar refractivity (Wildman–Crippen MR) is 115 cm³/mol. The summed E-state index contributed by atoms with van der Waals surface area (Å²) in [5.41, 5.74) is 2.02. The third kappa shape index (κ3) is 8.36. The van der Waals surface area contributed by atoms with Crippen molar-refractivity contribution in [3.8, 4) is 0 Å². The average Bonchev–Trinajstić information content (AvgIpc) is 3.16. The number of carbonyl (C=O) groups is 1. The van der Waals surface area contributed by atoms with Gasteiger partial charge in [-0.3, -0.25) is 14.1 Å². The van der Waals surface area contributed by atoms with Crippen LogP contribution in [0.4, 0.5) is 5.69 Å². The predicted octanol–water partition coefficient (Wildman–Crippen LogP) is 2.46. The number of aliphatic hydroxyl groups is 1. The highest BCUT2D eigenvalue weighted by molar-refractivity contribution is 7.87. The molecule has 2 atom stereocenters. The average molecular weight is 458 g/mol. The lowest BCUT2D eigenvalue weighted by Crippen LogP contribution is -2.30. The number of benzene rings is 1. The molecule has 0 saturated carbocycles. The van der Waals surface area contributed by atoms with E-state index in [1.165, 1.54) is 23.5 Å². The summed E-state index contributed by atoms with van der Waals surface area (Å²) in [7, 11) is -4.34. The van der Waals surface area contributed by atoms with Crippen molar-refractivity contribution < 1.29 is 27.6 Å². The minimum absolute atomic E-state index is 0.112. The highest BCUT2D eigenvalue weighted by atomic mass is 32.2. The monoisotopic (exact) mass is 457 g/mol. The molecule has 0 spiro atoms. The molecule has 30 heavy (non-hydrogen) atoms. The highest BCUT2D eigenvalue weighted by Gasteiger charge is 2.20. The number of hydrogen-bond donors (Lipinski definition) is 4. The number of amides is 1. The van der Waals surface area contributed by atoms with Crippen LogP contribution in [0.2, 0.25) is 0 Å². The van der Waals surface area contributed by atoms with Crippen LogP contribution in [0.25, 0.3) is 0 Å². The Morgan fingerprint density at radius 1 is 1.27 bits per heavy atom. The van der Waals surface area contributed by atoms with Gasteiger partial charge in [-0.25, -0.2) is 4.98 Å². The maximum atomic E-state index is 12.4. The van der Waals surface area contributed by atoms with Gasteiger partial charge in [-0.1, -0.05) is 19.1 Å². The Morgan fingerprint density at radius 3 is 2.53 bits per heavy atom. The molecule has 2 rings (SSSR count). The van der Waals surface area contributed by atoms with Crippen molar-refractivity contribution in [3.63, 3.8) is 0 Å². The Morgan fingerprint density at radius 2 is 1.97 bits per heavy atom. The number of aromatic nitrogens is 1. The van der Waals surface area contributed by atoms with E-state index in [0.29, 0.717) is 13.0 Å². The van der Waals surface area contributed by atoms with Gasteiger partial charge in [0.2, 0.25) is 5.91 Å². The van der Waals surface area contributed by atoms with E-state index in [9.17, 15) is 18.3 Å².